The summed E-state index contributed by atoms with van der Waals surface area (Å²) < 4.78 is 5.08. The molecule has 0 aromatic heterocycles. The largest absolute Gasteiger partial charge is 0.464 e. The van der Waals surface area contributed by atoms with E-state index in [0.717, 1.165) is 25.7 Å². The molecule has 0 amide bonds. The molecule has 3 heteroatoms. The molecule has 0 heterocycles. The summed E-state index contributed by atoms with van der Waals surface area (Å²) in [6.07, 6.45) is 4.09. The van der Waals surface area contributed by atoms with Crippen LogP contribution in [0.5, 0.6) is 0 Å². The summed E-state index contributed by atoms with van der Waals surface area (Å²) in [5, 5.41) is 0. The van der Waals surface area contributed by atoms with Crippen molar-refractivity contribution in [1.29, 1.82) is 0 Å². The summed E-state index contributed by atoms with van der Waals surface area (Å²) in [6.45, 7) is 4.35. The Balaban J connectivity index is 2.28. The second-order valence-corrected chi connectivity index (χ2v) is 4.05. The van der Waals surface area contributed by atoms with E-state index in [2.05, 4.69) is 6.92 Å². The Morgan fingerprint density at radius 2 is 2.23 bits per heavy atom. The summed E-state index contributed by atoms with van der Waals surface area (Å²) in [5.41, 5.74) is 5.13. The normalized spacial score (nSPS) is 20.8. The molecule has 1 aliphatic carbocycles. The van der Waals surface area contributed by atoms with Crippen molar-refractivity contribution < 1.29 is 9.53 Å². The van der Waals surface area contributed by atoms with Crippen LogP contribution < -0.4 is 5.73 Å². The van der Waals surface area contributed by atoms with Crippen molar-refractivity contribution in [2.45, 2.75) is 45.1 Å². The van der Waals surface area contributed by atoms with E-state index < -0.39 is 5.54 Å². The van der Waals surface area contributed by atoms with E-state index in [1.807, 2.05) is 0 Å². The lowest BCUT2D eigenvalue weighted by Gasteiger charge is -2.21. The van der Waals surface area contributed by atoms with Crippen LogP contribution in [0.2, 0.25) is 0 Å². The molecule has 13 heavy (non-hydrogen) atoms. The molecule has 2 N–H and O–H groups in total. The maximum atomic E-state index is 11.5. The van der Waals surface area contributed by atoms with Gasteiger partial charge in [0.1, 0.15) is 5.54 Å². The van der Waals surface area contributed by atoms with Gasteiger partial charge in [-0.05, 0) is 32.1 Å². The van der Waals surface area contributed by atoms with Gasteiger partial charge in [-0.3, -0.25) is 4.79 Å². The van der Waals surface area contributed by atoms with Gasteiger partial charge in [-0.25, -0.2) is 0 Å². The highest BCUT2D eigenvalue weighted by molar-refractivity contribution is 5.80. The van der Waals surface area contributed by atoms with Crippen molar-refractivity contribution in [1.82, 2.24) is 0 Å². The molecule has 1 aliphatic rings. The zero-order chi connectivity index (χ0) is 9.90. The minimum absolute atomic E-state index is 0.233. The molecular weight excluding hydrogens is 166 g/mol. The molecule has 0 radical (unpaired) electrons. The maximum Gasteiger partial charge on any atom is 0.326 e. The molecule has 3 nitrogen and oxygen atoms in total. The first-order valence-corrected chi connectivity index (χ1v) is 5.05. The van der Waals surface area contributed by atoms with E-state index in [-0.39, 0.29) is 5.97 Å². The second kappa shape index (κ2) is 4.09. The van der Waals surface area contributed by atoms with Crippen molar-refractivity contribution >= 4 is 5.97 Å². The third kappa shape index (κ3) is 2.69. The van der Waals surface area contributed by atoms with Crippen LogP contribution in [0.4, 0.5) is 0 Å². The Morgan fingerprint density at radius 3 is 2.69 bits per heavy atom. The molecule has 0 aromatic rings. The molecule has 1 unspecified atom stereocenters. The van der Waals surface area contributed by atoms with Gasteiger partial charge in [-0.15, -0.1) is 0 Å². The van der Waals surface area contributed by atoms with Crippen LogP contribution in [-0.2, 0) is 9.53 Å². The van der Waals surface area contributed by atoms with Gasteiger partial charge in [0.2, 0.25) is 0 Å². The quantitative estimate of drug-likeness (QED) is 0.521. The molecule has 0 spiro atoms. The minimum atomic E-state index is -0.742. The van der Waals surface area contributed by atoms with Crippen LogP contribution >= 0.6 is 0 Å². The van der Waals surface area contributed by atoms with Crippen molar-refractivity contribution in [3.05, 3.63) is 0 Å². The van der Waals surface area contributed by atoms with Crippen molar-refractivity contribution in [3.63, 3.8) is 0 Å². The molecule has 1 rings (SSSR count). The van der Waals surface area contributed by atoms with Crippen LogP contribution in [0, 0.1) is 5.92 Å². The second-order valence-electron chi connectivity index (χ2n) is 4.05. The number of unbranched alkanes of at least 4 members (excludes halogenated alkanes) is 1. The highest BCUT2D eigenvalue weighted by Gasteiger charge is 2.45. The Morgan fingerprint density at radius 1 is 1.62 bits per heavy atom. The van der Waals surface area contributed by atoms with Gasteiger partial charge in [-0.1, -0.05) is 13.3 Å². The first-order chi connectivity index (χ1) is 6.09. The molecule has 1 saturated carbocycles. The Kier molecular flexibility index (Phi) is 3.31. The zero-order valence-corrected chi connectivity index (χ0v) is 8.51. The predicted octanol–water partition coefficient (Wildman–Crippen LogP) is 1.46. The predicted molar refractivity (Wildman–Crippen MR) is 51.2 cm³/mol. The standard InChI is InChI=1S/C10H19NO2/c1-3-4-7-13-9(12)10(2,11)8-5-6-8/h8H,3-7,11H2,1-2H3. The van der Waals surface area contributed by atoms with Gasteiger partial charge in [0.25, 0.3) is 0 Å². The number of nitrogens with two attached hydrogens (primary N) is 1. The summed E-state index contributed by atoms with van der Waals surface area (Å²) in [4.78, 5) is 11.5. The topological polar surface area (TPSA) is 52.3 Å². The smallest absolute Gasteiger partial charge is 0.326 e. The number of hydrogen-bond acceptors (Lipinski definition) is 3. The number of esters is 1. The number of rotatable bonds is 5. The zero-order valence-electron chi connectivity index (χ0n) is 8.51. The van der Waals surface area contributed by atoms with Crippen LogP contribution in [0.25, 0.3) is 0 Å². The van der Waals surface area contributed by atoms with Crippen molar-refractivity contribution in [3.8, 4) is 0 Å². The Hall–Kier alpha value is -0.570. The van der Waals surface area contributed by atoms with Crippen molar-refractivity contribution in [2.24, 2.45) is 11.7 Å². The van der Waals surface area contributed by atoms with E-state index in [1.165, 1.54) is 0 Å². The SMILES string of the molecule is CCCCOC(=O)C(C)(N)C1CC1. The Labute approximate surface area is 79.6 Å². The lowest BCUT2D eigenvalue weighted by molar-refractivity contribution is -0.150. The van der Waals surface area contributed by atoms with Crippen LogP contribution in [0.1, 0.15) is 39.5 Å². The van der Waals surface area contributed by atoms with E-state index in [4.69, 9.17) is 10.5 Å². The molecule has 0 aromatic carbocycles. The lowest BCUT2D eigenvalue weighted by atomic mass is 9.98. The minimum Gasteiger partial charge on any atom is -0.464 e. The fourth-order valence-corrected chi connectivity index (χ4v) is 1.31. The number of ether oxygens (including phenoxy) is 1. The fourth-order valence-electron chi connectivity index (χ4n) is 1.31. The first kappa shape index (κ1) is 10.5. The highest BCUT2D eigenvalue weighted by atomic mass is 16.5. The molecule has 0 aliphatic heterocycles. The summed E-state index contributed by atoms with van der Waals surface area (Å²) >= 11 is 0. The molecule has 0 bridgehead atoms. The average Bonchev–Trinajstić information content (AvgIpc) is 2.86. The van der Waals surface area contributed by atoms with E-state index in [0.29, 0.717) is 12.5 Å². The van der Waals surface area contributed by atoms with Crippen LogP contribution in [0.3, 0.4) is 0 Å². The van der Waals surface area contributed by atoms with Gasteiger partial charge in [0, 0.05) is 0 Å². The average molecular weight is 185 g/mol. The van der Waals surface area contributed by atoms with Gasteiger partial charge >= 0.3 is 5.97 Å². The van der Waals surface area contributed by atoms with Crippen molar-refractivity contribution in [2.75, 3.05) is 6.61 Å². The Bertz CT molecular complexity index is 185. The van der Waals surface area contributed by atoms with E-state index in [1.54, 1.807) is 6.92 Å². The summed E-state index contributed by atoms with van der Waals surface area (Å²) in [7, 11) is 0. The van der Waals surface area contributed by atoms with Gasteiger partial charge in [0.15, 0.2) is 0 Å². The molecule has 1 fully saturated rings. The van der Waals surface area contributed by atoms with E-state index in [9.17, 15) is 4.79 Å². The van der Waals surface area contributed by atoms with Crippen LogP contribution in [-0.4, -0.2) is 18.1 Å². The third-order valence-electron chi connectivity index (χ3n) is 2.60. The summed E-state index contributed by atoms with van der Waals surface area (Å²) in [5.74, 6) is 0.116. The third-order valence-corrected chi connectivity index (χ3v) is 2.60. The lowest BCUT2D eigenvalue weighted by Crippen LogP contribution is -2.48. The van der Waals surface area contributed by atoms with Crippen LogP contribution in [0.15, 0.2) is 0 Å². The molecule has 0 saturated heterocycles. The number of carbonyl (C=O) groups is 1. The van der Waals surface area contributed by atoms with Gasteiger partial charge < -0.3 is 10.5 Å². The molecule has 1 atom stereocenters. The fraction of sp³-hybridized carbons (Fsp3) is 0.900. The number of hydrogen-bond donors (Lipinski definition) is 1. The highest BCUT2D eigenvalue weighted by Crippen LogP contribution is 2.38. The van der Waals surface area contributed by atoms with E-state index >= 15 is 0 Å². The monoisotopic (exact) mass is 185 g/mol. The summed E-state index contributed by atoms with van der Waals surface area (Å²) in [6, 6.07) is 0. The number of carbonyl (C=O) groups excluding carboxylic acids is 1. The molecule has 76 valence electrons. The van der Waals surface area contributed by atoms with Gasteiger partial charge in [-0.2, -0.15) is 0 Å². The first-order valence-electron chi connectivity index (χ1n) is 5.05. The van der Waals surface area contributed by atoms with Gasteiger partial charge in [0.05, 0.1) is 6.61 Å². The maximum absolute atomic E-state index is 11.5. The molecular formula is C10H19NO2.